The predicted octanol–water partition coefficient (Wildman–Crippen LogP) is 5.79. The molecule has 4 rings (SSSR count). The van der Waals surface area contributed by atoms with Gasteiger partial charge in [0.25, 0.3) is 0 Å². The van der Waals surface area contributed by atoms with Crippen molar-refractivity contribution in [3.05, 3.63) is 79.5 Å². The van der Waals surface area contributed by atoms with E-state index in [1.54, 1.807) is 31.6 Å². The Bertz CT molecular complexity index is 1030. The SMILES string of the molecule is COc1cc2c(c(OC)c1)C(c1cc(Cl)cc(Cl)c1)N(C(=O)Cc1cccs1)CC2. The van der Waals surface area contributed by atoms with Gasteiger partial charge in [-0.25, -0.2) is 0 Å². The Kier molecular flexibility index (Phi) is 6.23. The quantitative estimate of drug-likeness (QED) is 0.482. The van der Waals surface area contributed by atoms with Gasteiger partial charge >= 0.3 is 0 Å². The minimum atomic E-state index is -0.349. The smallest absolute Gasteiger partial charge is 0.228 e. The van der Waals surface area contributed by atoms with E-state index < -0.39 is 0 Å². The van der Waals surface area contributed by atoms with Crippen molar-refractivity contribution >= 4 is 40.4 Å². The molecule has 0 fully saturated rings. The highest BCUT2D eigenvalue weighted by Gasteiger charge is 2.35. The molecule has 0 N–H and O–H groups in total. The third-order valence-electron chi connectivity index (χ3n) is 5.29. The van der Waals surface area contributed by atoms with Crippen LogP contribution in [0.1, 0.15) is 27.6 Å². The van der Waals surface area contributed by atoms with Crippen molar-refractivity contribution in [3.63, 3.8) is 0 Å². The molecular weight excluding hydrogens is 441 g/mol. The van der Waals surface area contributed by atoms with Crippen LogP contribution >= 0.6 is 34.5 Å². The Hall–Kier alpha value is -2.21. The van der Waals surface area contributed by atoms with E-state index in [0.717, 1.165) is 27.3 Å². The molecule has 1 aromatic heterocycles. The van der Waals surface area contributed by atoms with Crippen molar-refractivity contribution in [2.24, 2.45) is 0 Å². The van der Waals surface area contributed by atoms with Crippen LogP contribution in [0.4, 0.5) is 0 Å². The maximum atomic E-state index is 13.4. The van der Waals surface area contributed by atoms with E-state index in [2.05, 4.69) is 0 Å². The summed E-state index contributed by atoms with van der Waals surface area (Å²) < 4.78 is 11.2. The summed E-state index contributed by atoms with van der Waals surface area (Å²) in [6, 6.07) is 12.9. The first-order chi connectivity index (χ1) is 14.5. The van der Waals surface area contributed by atoms with Crippen LogP contribution in [-0.4, -0.2) is 31.6 Å². The average molecular weight is 462 g/mol. The monoisotopic (exact) mass is 461 g/mol. The van der Waals surface area contributed by atoms with Crippen molar-refractivity contribution < 1.29 is 14.3 Å². The molecule has 156 valence electrons. The van der Waals surface area contributed by atoms with Gasteiger partial charge in [0.1, 0.15) is 11.5 Å². The lowest BCUT2D eigenvalue weighted by Gasteiger charge is -2.39. The molecule has 1 aliphatic heterocycles. The normalized spacial score (nSPS) is 15.6. The van der Waals surface area contributed by atoms with Crippen LogP contribution in [0.15, 0.2) is 47.8 Å². The van der Waals surface area contributed by atoms with Crippen LogP contribution in [0, 0.1) is 0 Å². The summed E-state index contributed by atoms with van der Waals surface area (Å²) in [5, 5.41) is 3.04. The summed E-state index contributed by atoms with van der Waals surface area (Å²) in [6.45, 7) is 0.586. The summed E-state index contributed by atoms with van der Waals surface area (Å²) in [6.07, 6.45) is 1.07. The van der Waals surface area contributed by atoms with Crippen LogP contribution < -0.4 is 9.47 Å². The van der Waals surface area contributed by atoms with Crippen molar-refractivity contribution in [1.82, 2.24) is 4.90 Å². The Balaban J connectivity index is 1.85. The summed E-state index contributed by atoms with van der Waals surface area (Å²) in [7, 11) is 3.26. The summed E-state index contributed by atoms with van der Waals surface area (Å²) >= 11 is 14.2. The second kappa shape index (κ2) is 8.88. The highest BCUT2D eigenvalue weighted by molar-refractivity contribution is 7.10. The molecule has 0 bridgehead atoms. The van der Waals surface area contributed by atoms with E-state index in [0.29, 0.717) is 35.2 Å². The number of carbonyl (C=O) groups excluding carboxylic acids is 1. The molecule has 1 amide bonds. The largest absolute Gasteiger partial charge is 0.497 e. The zero-order valence-electron chi connectivity index (χ0n) is 16.7. The van der Waals surface area contributed by atoms with Gasteiger partial charge < -0.3 is 14.4 Å². The van der Waals surface area contributed by atoms with E-state index in [4.69, 9.17) is 32.7 Å². The predicted molar refractivity (Wildman–Crippen MR) is 121 cm³/mol. The standard InChI is InChI=1S/C23H21Cl2NO3S/c1-28-18-10-14-5-6-26(21(27)13-19-4-3-7-30-19)23(22(14)20(12-18)29-2)15-8-16(24)11-17(25)9-15/h3-4,7-12,23H,5-6,13H2,1-2H3. The fourth-order valence-corrected chi connectivity index (χ4v) is 5.24. The van der Waals surface area contributed by atoms with Gasteiger partial charge in [-0.05, 0) is 53.3 Å². The third-order valence-corrected chi connectivity index (χ3v) is 6.60. The maximum absolute atomic E-state index is 13.4. The number of nitrogens with zero attached hydrogens (tertiary/aromatic N) is 1. The number of hydrogen-bond acceptors (Lipinski definition) is 4. The first kappa shape index (κ1) is 21.0. The molecule has 7 heteroatoms. The number of benzene rings is 2. The van der Waals surface area contributed by atoms with Crippen LogP contribution in [0.25, 0.3) is 0 Å². The van der Waals surface area contributed by atoms with Gasteiger partial charge in [0.2, 0.25) is 5.91 Å². The van der Waals surface area contributed by atoms with E-state index in [9.17, 15) is 4.79 Å². The van der Waals surface area contributed by atoms with Crippen LogP contribution in [0.3, 0.4) is 0 Å². The van der Waals surface area contributed by atoms with E-state index in [-0.39, 0.29) is 11.9 Å². The number of halogens is 2. The summed E-state index contributed by atoms with van der Waals surface area (Å²) in [5.74, 6) is 1.47. The second-order valence-electron chi connectivity index (χ2n) is 7.10. The van der Waals surface area contributed by atoms with E-state index in [1.165, 1.54) is 0 Å². The van der Waals surface area contributed by atoms with Crippen molar-refractivity contribution in [1.29, 1.82) is 0 Å². The number of fused-ring (bicyclic) bond motifs is 1. The lowest BCUT2D eigenvalue weighted by molar-refractivity contribution is -0.132. The van der Waals surface area contributed by atoms with E-state index >= 15 is 0 Å². The molecule has 2 heterocycles. The first-order valence-corrected chi connectivity index (χ1v) is 11.2. The molecule has 0 radical (unpaired) electrons. The fourth-order valence-electron chi connectivity index (χ4n) is 4.00. The van der Waals surface area contributed by atoms with Crippen molar-refractivity contribution in [2.75, 3.05) is 20.8 Å². The van der Waals surface area contributed by atoms with Gasteiger partial charge in [-0.3, -0.25) is 4.79 Å². The first-order valence-electron chi connectivity index (χ1n) is 9.52. The minimum absolute atomic E-state index is 0.0575. The molecule has 0 spiro atoms. The molecule has 0 saturated heterocycles. The molecule has 0 saturated carbocycles. The number of thiophene rings is 1. The second-order valence-corrected chi connectivity index (χ2v) is 9.01. The zero-order valence-corrected chi connectivity index (χ0v) is 19.0. The Morgan fingerprint density at radius 3 is 2.53 bits per heavy atom. The molecule has 2 aromatic carbocycles. The molecule has 1 atom stereocenters. The molecule has 3 aromatic rings. The minimum Gasteiger partial charge on any atom is -0.497 e. The van der Waals surface area contributed by atoms with Gasteiger partial charge in [-0.15, -0.1) is 11.3 Å². The maximum Gasteiger partial charge on any atom is 0.228 e. The zero-order chi connectivity index (χ0) is 21.3. The topological polar surface area (TPSA) is 38.8 Å². The van der Waals surface area contributed by atoms with Crippen LogP contribution in [0.2, 0.25) is 10.0 Å². The molecule has 1 aliphatic rings. The van der Waals surface area contributed by atoms with Gasteiger partial charge in [0.05, 0.1) is 26.7 Å². The van der Waals surface area contributed by atoms with Gasteiger partial charge in [-0.1, -0.05) is 29.3 Å². The highest BCUT2D eigenvalue weighted by atomic mass is 35.5. The fraction of sp³-hybridized carbons (Fsp3) is 0.261. The van der Waals surface area contributed by atoms with Crippen LogP contribution in [-0.2, 0) is 17.6 Å². The van der Waals surface area contributed by atoms with Gasteiger partial charge in [0.15, 0.2) is 0 Å². The lowest BCUT2D eigenvalue weighted by atomic mass is 9.86. The number of rotatable bonds is 5. The Morgan fingerprint density at radius 2 is 1.90 bits per heavy atom. The molecular formula is C23H21Cl2NO3S. The highest BCUT2D eigenvalue weighted by Crippen LogP contribution is 2.44. The Labute approximate surface area is 189 Å². The third kappa shape index (κ3) is 4.15. The molecule has 1 unspecified atom stereocenters. The number of methoxy groups -OCH3 is 2. The number of carbonyl (C=O) groups is 1. The molecule has 0 aliphatic carbocycles. The number of amides is 1. The van der Waals surface area contributed by atoms with E-state index in [1.807, 2.05) is 46.7 Å². The average Bonchev–Trinajstić information content (AvgIpc) is 3.24. The van der Waals surface area contributed by atoms with Crippen LogP contribution in [0.5, 0.6) is 11.5 Å². The summed E-state index contributed by atoms with van der Waals surface area (Å²) in [4.78, 5) is 16.3. The molecule has 30 heavy (non-hydrogen) atoms. The number of ether oxygens (including phenoxy) is 2. The summed E-state index contributed by atoms with van der Waals surface area (Å²) in [5.41, 5.74) is 2.89. The van der Waals surface area contributed by atoms with Crippen molar-refractivity contribution in [3.8, 4) is 11.5 Å². The lowest BCUT2D eigenvalue weighted by Crippen LogP contribution is -2.41. The molecule has 4 nitrogen and oxygen atoms in total. The van der Waals surface area contributed by atoms with Gasteiger partial charge in [0, 0.05) is 33.1 Å². The van der Waals surface area contributed by atoms with Gasteiger partial charge in [-0.2, -0.15) is 0 Å². The number of hydrogen-bond donors (Lipinski definition) is 0. The Morgan fingerprint density at radius 1 is 1.13 bits per heavy atom. The van der Waals surface area contributed by atoms with Crippen molar-refractivity contribution in [2.45, 2.75) is 18.9 Å².